The minimum atomic E-state index is -3.60. The third-order valence-electron chi connectivity index (χ3n) is 6.70. The van der Waals surface area contributed by atoms with Gasteiger partial charge < -0.3 is 10.2 Å². The van der Waals surface area contributed by atoms with Crippen LogP contribution in [-0.2, 0) is 26.0 Å². The zero-order valence-corrected chi connectivity index (χ0v) is 20.0. The van der Waals surface area contributed by atoms with Crippen molar-refractivity contribution < 1.29 is 18.0 Å². The van der Waals surface area contributed by atoms with Crippen LogP contribution < -0.4 is 9.62 Å². The molecular weight excluding hydrogens is 450 g/mol. The van der Waals surface area contributed by atoms with E-state index in [1.54, 1.807) is 11.0 Å². The van der Waals surface area contributed by atoms with Gasteiger partial charge in [-0.3, -0.25) is 13.9 Å². The highest BCUT2D eigenvalue weighted by Gasteiger charge is 2.39. The third kappa shape index (κ3) is 5.17. The first kappa shape index (κ1) is 24.0. The average Bonchev–Trinajstić information content (AvgIpc) is 2.88. The maximum atomic E-state index is 13.6. The van der Waals surface area contributed by atoms with Gasteiger partial charge >= 0.3 is 0 Å². The molecule has 0 radical (unpaired) electrons. The number of nitrogens with zero attached hydrogens (tertiary/aromatic N) is 2. The van der Waals surface area contributed by atoms with Crippen LogP contribution in [0.25, 0.3) is 0 Å². The van der Waals surface area contributed by atoms with Crippen molar-refractivity contribution in [3.63, 3.8) is 0 Å². The maximum absolute atomic E-state index is 13.6. The quantitative estimate of drug-likeness (QED) is 0.616. The number of sulfonamides is 1. The van der Waals surface area contributed by atoms with Crippen LogP contribution >= 0.6 is 0 Å². The monoisotopic (exact) mass is 481 g/mol. The van der Waals surface area contributed by atoms with E-state index >= 15 is 0 Å². The lowest BCUT2D eigenvalue weighted by molar-refractivity contribution is -0.132. The topological polar surface area (TPSA) is 86.8 Å². The summed E-state index contributed by atoms with van der Waals surface area (Å²) in [4.78, 5) is 26.3. The van der Waals surface area contributed by atoms with Crippen molar-refractivity contribution in [3.8, 4) is 0 Å². The van der Waals surface area contributed by atoms with Gasteiger partial charge in [-0.05, 0) is 49.0 Å². The predicted octanol–water partition coefficient (Wildman–Crippen LogP) is 3.19. The first-order valence-electron chi connectivity index (χ1n) is 11.7. The SMILES string of the molecule is C=CC(=O)NC1CCN(S(=O)(=O)C2CCN(C(=O)CCc3ccccc3)CC2)c2ccccc21. The van der Waals surface area contributed by atoms with Crippen LogP contribution in [0.2, 0.25) is 0 Å². The third-order valence-corrected chi connectivity index (χ3v) is 9.00. The summed E-state index contributed by atoms with van der Waals surface area (Å²) in [6.07, 6.45) is 3.68. The molecule has 180 valence electrons. The lowest BCUT2D eigenvalue weighted by Gasteiger charge is -2.39. The zero-order valence-electron chi connectivity index (χ0n) is 19.2. The van der Waals surface area contributed by atoms with Gasteiger partial charge in [0, 0.05) is 26.1 Å². The van der Waals surface area contributed by atoms with Crippen molar-refractivity contribution in [1.29, 1.82) is 0 Å². The van der Waals surface area contributed by atoms with E-state index in [4.69, 9.17) is 0 Å². The van der Waals surface area contributed by atoms with Crippen LogP contribution in [0.3, 0.4) is 0 Å². The molecule has 34 heavy (non-hydrogen) atoms. The molecule has 0 saturated carbocycles. The Kier molecular flexibility index (Phi) is 7.36. The smallest absolute Gasteiger partial charge is 0.243 e. The number of hydrogen-bond donors (Lipinski definition) is 1. The molecule has 4 rings (SSSR count). The molecule has 1 N–H and O–H groups in total. The Morgan fingerprint density at radius 3 is 2.35 bits per heavy atom. The molecule has 0 bridgehead atoms. The molecule has 1 unspecified atom stereocenters. The Hall–Kier alpha value is -3.13. The molecule has 0 spiro atoms. The molecule has 1 saturated heterocycles. The maximum Gasteiger partial charge on any atom is 0.243 e. The van der Waals surface area contributed by atoms with E-state index in [0.29, 0.717) is 57.4 Å². The second-order valence-corrected chi connectivity index (χ2v) is 10.9. The first-order valence-corrected chi connectivity index (χ1v) is 13.3. The number of anilines is 1. The fourth-order valence-corrected chi connectivity index (χ4v) is 6.78. The summed E-state index contributed by atoms with van der Waals surface area (Å²) < 4.78 is 28.7. The molecule has 1 atom stereocenters. The fourth-order valence-electron chi connectivity index (χ4n) is 4.81. The second kappa shape index (κ2) is 10.4. The van der Waals surface area contributed by atoms with E-state index in [9.17, 15) is 18.0 Å². The number of aryl methyl sites for hydroxylation is 1. The van der Waals surface area contributed by atoms with E-state index < -0.39 is 15.3 Å². The average molecular weight is 482 g/mol. The molecule has 0 aliphatic carbocycles. The molecular formula is C26H31N3O4S. The lowest BCUT2D eigenvalue weighted by Crippen LogP contribution is -2.49. The number of benzene rings is 2. The number of carbonyl (C=O) groups excluding carboxylic acids is 2. The molecule has 2 aromatic rings. The Bertz CT molecular complexity index is 1140. The summed E-state index contributed by atoms with van der Waals surface area (Å²) in [7, 11) is -3.60. The Labute approximate surface area is 201 Å². The molecule has 2 aliphatic heterocycles. The van der Waals surface area contributed by atoms with Crippen LogP contribution in [0, 0.1) is 0 Å². The van der Waals surface area contributed by atoms with Gasteiger partial charge in [0.05, 0.1) is 17.0 Å². The van der Waals surface area contributed by atoms with Crippen LogP contribution in [0.4, 0.5) is 5.69 Å². The minimum Gasteiger partial charge on any atom is -0.346 e. The number of nitrogens with one attached hydrogen (secondary N) is 1. The van der Waals surface area contributed by atoms with Gasteiger partial charge in [0.1, 0.15) is 0 Å². The van der Waals surface area contributed by atoms with Gasteiger partial charge in [0.25, 0.3) is 0 Å². The van der Waals surface area contributed by atoms with Crippen molar-refractivity contribution in [1.82, 2.24) is 10.2 Å². The number of piperidine rings is 1. The summed E-state index contributed by atoms with van der Waals surface area (Å²) in [5.74, 6) is -0.204. The van der Waals surface area contributed by atoms with E-state index in [1.165, 1.54) is 10.4 Å². The summed E-state index contributed by atoms with van der Waals surface area (Å²) in [5.41, 5.74) is 2.53. The highest BCUT2D eigenvalue weighted by atomic mass is 32.2. The number of amides is 2. The normalized spacial score (nSPS) is 18.8. The van der Waals surface area contributed by atoms with E-state index in [0.717, 1.165) is 11.1 Å². The summed E-state index contributed by atoms with van der Waals surface area (Å²) in [6.45, 7) is 4.70. The van der Waals surface area contributed by atoms with Crippen LogP contribution in [0.5, 0.6) is 0 Å². The van der Waals surface area contributed by atoms with Gasteiger partial charge in [-0.1, -0.05) is 55.1 Å². The van der Waals surface area contributed by atoms with Crippen molar-refractivity contribution in [2.45, 2.75) is 43.4 Å². The number of carbonyl (C=O) groups is 2. The van der Waals surface area contributed by atoms with Crippen LogP contribution in [-0.4, -0.2) is 50.0 Å². The fraction of sp³-hybridized carbons (Fsp3) is 0.385. The molecule has 2 aliphatic rings. The molecule has 8 heteroatoms. The first-order chi connectivity index (χ1) is 16.4. The standard InChI is InChI=1S/C26H31N3O4S/c1-2-25(30)27-23-16-19-29(24-11-7-6-10-22(23)24)34(32,33)21-14-17-28(18-15-21)26(31)13-12-20-8-4-3-5-9-20/h2-11,21,23H,1,12-19H2,(H,27,30). The van der Waals surface area contributed by atoms with E-state index in [1.807, 2.05) is 48.5 Å². The van der Waals surface area contributed by atoms with Crippen molar-refractivity contribution in [3.05, 3.63) is 78.4 Å². The van der Waals surface area contributed by atoms with Crippen molar-refractivity contribution in [2.24, 2.45) is 0 Å². The Morgan fingerprint density at radius 1 is 0.971 bits per heavy atom. The van der Waals surface area contributed by atoms with Crippen LogP contribution in [0.15, 0.2) is 67.3 Å². The van der Waals surface area contributed by atoms with Gasteiger partial charge in [0.15, 0.2) is 0 Å². The highest BCUT2D eigenvalue weighted by Crippen LogP contribution is 2.37. The number of hydrogen-bond acceptors (Lipinski definition) is 4. The molecule has 2 aromatic carbocycles. The molecule has 2 amide bonds. The summed E-state index contributed by atoms with van der Waals surface area (Å²) in [5, 5.41) is 2.37. The summed E-state index contributed by atoms with van der Waals surface area (Å²) in [6, 6.07) is 17.0. The van der Waals surface area contributed by atoms with Crippen LogP contribution in [0.1, 0.15) is 42.9 Å². The number of likely N-dealkylation sites (tertiary alicyclic amines) is 1. The predicted molar refractivity (Wildman–Crippen MR) is 133 cm³/mol. The largest absolute Gasteiger partial charge is 0.346 e. The number of para-hydroxylation sites is 1. The van der Waals surface area contributed by atoms with Gasteiger partial charge in [0.2, 0.25) is 21.8 Å². The molecule has 0 aromatic heterocycles. The second-order valence-electron chi connectivity index (χ2n) is 8.80. The zero-order chi connectivity index (χ0) is 24.1. The molecule has 1 fully saturated rings. The van der Waals surface area contributed by atoms with Crippen molar-refractivity contribution in [2.75, 3.05) is 23.9 Å². The van der Waals surface area contributed by atoms with Gasteiger partial charge in [-0.15, -0.1) is 0 Å². The van der Waals surface area contributed by atoms with Crippen molar-refractivity contribution >= 4 is 27.5 Å². The van der Waals surface area contributed by atoms with Gasteiger partial charge in [-0.25, -0.2) is 8.42 Å². The van der Waals surface area contributed by atoms with Gasteiger partial charge in [-0.2, -0.15) is 0 Å². The van der Waals surface area contributed by atoms with E-state index in [2.05, 4.69) is 11.9 Å². The Morgan fingerprint density at radius 2 is 1.65 bits per heavy atom. The molecule has 7 nitrogen and oxygen atoms in total. The Balaban J connectivity index is 1.40. The number of fused-ring (bicyclic) bond motifs is 1. The molecule has 2 heterocycles. The summed E-state index contributed by atoms with van der Waals surface area (Å²) >= 11 is 0. The number of rotatable bonds is 7. The minimum absolute atomic E-state index is 0.0730. The van der Waals surface area contributed by atoms with E-state index in [-0.39, 0.29) is 17.9 Å². The highest BCUT2D eigenvalue weighted by molar-refractivity contribution is 7.93. The lowest BCUT2D eigenvalue weighted by atomic mass is 9.98.